The van der Waals surface area contributed by atoms with E-state index in [4.69, 9.17) is 16.3 Å². The van der Waals surface area contributed by atoms with Crippen molar-refractivity contribution in [2.75, 3.05) is 26.2 Å². The Hall–Kier alpha value is -2.12. The van der Waals surface area contributed by atoms with Gasteiger partial charge in [-0.25, -0.2) is 4.79 Å². The van der Waals surface area contributed by atoms with Crippen LogP contribution in [0.3, 0.4) is 0 Å². The van der Waals surface area contributed by atoms with E-state index in [1.54, 1.807) is 18.7 Å². The average Bonchev–Trinajstić information content (AvgIpc) is 2.79. The average molecular weight is 380 g/mol. The zero-order valence-electron chi connectivity index (χ0n) is 14.8. The van der Waals surface area contributed by atoms with Gasteiger partial charge in [0.25, 0.3) is 5.91 Å². The third kappa shape index (κ3) is 3.68. The Morgan fingerprint density at radius 3 is 2.73 bits per heavy atom. The van der Waals surface area contributed by atoms with Crippen molar-refractivity contribution in [3.8, 4) is 0 Å². The minimum Gasteiger partial charge on any atom is -0.374 e. The molecule has 0 radical (unpaired) electrons. The zero-order chi connectivity index (χ0) is 18.9. The normalized spacial score (nSPS) is 22.5. The number of ether oxygens (including phenoxy) is 1. The Kier molecular flexibility index (Phi) is 5.20. The molecule has 0 aliphatic carbocycles. The third-order valence-electron chi connectivity index (χ3n) is 4.89. The van der Waals surface area contributed by atoms with Gasteiger partial charge in [-0.05, 0) is 25.5 Å². The van der Waals surface area contributed by atoms with Crippen LogP contribution in [0.1, 0.15) is 19.4 Å². The highest BCUT2D eigenvalue weighted by Gasteiger charge is 2.46. The molecule has 0 aromatic heterocycles. The van der Waals surface area contributed by atoms with Crippen molar-refractivity contribution in [2.45, 2.75) is 31.9 Å². The molecule has 2 fully saturated rings. The number of urea groups is 1. The minimum absolute atomic E-state index is 0.136. The van der Waals surface area contributed by atoms with Crippen LogP contribution in [-0.2, 0) is 20.7 Å². The van der Waals surface area contributed by atoms with E-state index in [1.807, 2.05) is 24.3 Å². The number of carbonyl (C=O) groups excluding carboxylic acids is 3. The Morgan fingerprint density at radius 1 is 1.35 bits per heavy atom. The first-order valence-corrected chi connectivity index (χ1v) is 8.92. The van der Waals surface area contributed by atoms with Crippen molar-refractivity contribution in [1.82, 2.24) is 15.1 Å². The molecule has 26 heavy (non-hydrogen) atoms. The summed E-state index contributed by atoms with van der Waals surface area (Å²) in [6.45, 7) is 4.43. The standard InChI is InChI=1S/C18H22ClN3O4/c1-18(2)16(24)20-17(25)22(18)11-15(23)21-7-8-26-13(10-21)9-12-5-3-4-6-14(12)19/h3-6,13H,7-11H2,1-2H3,(H,20,24,25). The molecule has 2 aliphatic heterocycles. The van der Waals surface area contributed by atoms with Gasteiger partial charge in [-0.2, -0.15) is 0 Å². The lowest BCUT2D eigenvalue weighted by Crippen LogP contribution is -2.53. The molecule has 7 nitrogen and oxygen atoms in total. The maximum Gasteiger partial charge on any atom is 0.325 e. The molecule has 2 aliphatic rings. The van der Waals surface area contributed by atoms with Gasteiger partial charge in [0.05, 0.1) is 12.7 Å². The summed E-state index contributed by atoms with van der Waals surface area (Å²) in [6, 6.07) is 7.02. The summed E-state index contributed by atoms with van der Waals surface area (Å²) in [4.78, 5) is 39.4. The van der Waals surface area contributed by atoms with E-state index in [0.717, 1.165) is 5.56 Å². The van der Waals surface area contributed by atoms with Crippen LogP contribution in [0.25, 0.3) is 0 Å². The van der Waals surface area contributed by atoms with Gasteiger partial charge in [0.1, 0.15) is 12.1 Å². The summed E-state index contributed by atoms with van der Waals surface area (Å²) in [5.74, 6) is -0.593. The second-order valence-corrected chi connectivity index (χ2v) is 7.44. The van der Waals surface area contributed by atoms with E-state index in [0.29, 0.717) is 31.1 Å². The monoisotopic (exact) mass is 379 g/mol. The maximum absolute atomic E-state index is 12.7. The summed E-state index contributed by atoms with van der Waals surface area (Å²) >= 11 is 6.20. The number of rotatable bonds is 4. The van der Waals surface area contributed by atoms with Gasteiger partial charge in [0.15, 0.2) is 0 Å². The molecule has 1 unspecified atom stereocenters. The quantitative estimate of drug-likeness (QED) is 0.803. The van der Waals surface area contributed by atoms with Crippen LogP contribution >= 0.6 is 11.6 Å². The number of halogens is 1. The first kappa shape index (κ1) is 18.7. The first-order chi connectivity index (χ1) is 12.3. The number of morpholine rings is 1. The van der Waals surface area contributed by atoms with Crippen LogP contribution in [0.15, 0.2) is 24.3 Å². The number of imide groups is 1. The maximum atomic E-state index is 12.7. The molecule has 2 heterocycles. The molecular weight excluding hydrogens is 358 g/mol. The summed E-state index contributed by atoms with van der Waals surface area (Å²) in [6.07, 6.45) is 0.451. The number of nitrogens with zero attached hydrogens (tertiary/aromatic N) is 2. The summed E-state index contributed by atoms with van der Waals surface area (Å²) in [5.41, 5.74) is -0.0603. The number of carbonyl (C=O) groups is 3. The molecule has 0 saturated carbocycles. The highest BCUT2D eigenvalue weighted by Crippen LogP contribution is 2.22. The van der Waals surface area contributed by atoms with Crippen molar-refractivity contribution < 1.29 is 19.1 Å². The van der Waals surface area contributed by atoms with Crippen LogP contribution in [0, 0.1) is 0 Å². The Balaban J connectivity index is 1.62. The lowest BCUT2D eigenvalue weighted by molar-refractivity contribution is -0.140. The van der Waals surface area contributed by atoms with Crippen LogP contribution in [0.5, 0.6) is 0 Å². The van der Waals surface area contributed by atoms with E-state index >= 15 is 0 Å². The van der Waals surface area contributed by atoms with Crippen LogP contribution in [0.4, 0.5) is 4.79 Å². The Bertz CT molecular complexity index is 737. The zero-order valence-corrected chi connectivity index (χ0v) is 15.6. The minimum atomic E-state index is -1.03. The van der Waals surface area contributed by atoms with Crippen molar-refractivity contribution in [3.63, 3.8) is 0 Å². The summed E-state index contributed by atoms with van der Waals surface area (Å²) < 4.78 is 5.77. The van der Waals surface area contributed by atoms with E-state index < -0.39 is 17.5 Å². The second-order valence-electron chi connectivity index (χ2n) is 7.03. The third-order valence-corrected chi connectivity index (χ3v) is 5.26. The number of amides is 4. The van der Waals surface area contributed by atoms with Gasteiger partial charge in [-0.1, -0.05) is 29.8 Å². The molecule has 1 aromatic rings. The molecule has 1 N–H and O–H groups in total. The van der Waals surface area contributed by atoms with Gasteiger partial charge in [0.2, 0.25) is 5.91 Å². The Labute approximate surface area is 157 Å². The molecule has 0 bridgehead atoms. The Morgan fingerprint density at radius 2 is 2.08 bits per heavy atom. The van der Waals surface area contributed by atoms with E-state index in [9.17, 15) is 14.4 Å². The number of hydrogen-bond acceptors (Lipinski definition) is 4. The van der Waals surface area contributed by atoms with Gasteiger partial charge < -0.3 is 14.5 Å². The smallest absolute Gasteiger partial charge is 0.325 e. The van der Waals surface area contributed by atoms with Crippen molar-refractivity contribution in [2.24, 2.45) is 0 Å². The number of benzene rings is 1. The number of hydrogen-bond donors (Lipinski definition) is 1. The van der Waals surface area contributed by atoms with E-state index in [2.05, 4.69) is 5.32 Å². The van der Waals surface area contributed by atoms with Crippen LogP contribution in [0.2, 0.25) is 5.02 Å². The van der Waals surface area contributed by atoms with E-state index in [1.165, 1.54) is 4.90 Å². The SMILES string of the molecule is CC1(C)C(=O)NC(=O)N1CC(=O)N1CCOC(Cc2ccccc2Cl)C1. The van der Waals surface area contributed by atoms with Gasteiger partial charge >= 0.3 is 6.03 Å². The fourth-order valence-electron chi connectivity index (χ4n) is 3.18. The van der Waals surface area contributed by atoms with Crippen molar-refractivity contribution in [3.05, 3.63) is 34.9 Å². The van der Waals surface area contributed by atoms with Crippen LogP contribution < -0.4 is 5.32 Å². The fourth-order valence-corrected chi connectivity index (χ4v) is 3.39. The first-order valence-electron chi connectivity index (χ1n) is 8.55. The largest absolute Gasteiger partial charge is 0.374 e. The summed E-state index contributed by atoms with van der Waals surface area (Å²) in [7, 11) is 0. The molecule has 1 atom stereocenters. The van der Waals surface area contributed by atoms with Crippen molar-refractivity contribution >= 4 is 29.4 Å². The lowest BCUT2D eigenvalue weighted by Gasteiger charge is -2.35. The van der Waals surface area contributed by atoms with Crippen LogP contribution in [-0.4, -0.2) is 65.5 Å². The fraction of sp³-hybridized carbons (Fsp3) is 0.500. The molecule has 4 amide bonds. The molecule has 3 rings (SSSR count). The predicted molar refractivity (Wildman–Crippen MR) is 95.8 cm³/mol. The summed E-state index contributed by atoms with van der Waals surface area (Å²) in [5, 5.41) is 2.93. The van der Waals surface area contributed by atoms with Gasteiger partial charge in [0, 0.05) is 24.5 Å². The molecule has 140 valence electrons. The molecule has 8 heteroatoms. The molecular formula is C18H22ClN3O4. The molecule has 1 aromatic carbocycles. The van der Waals surface area contributed by atoms with Gasteiger partial charge in [-0.3, -0.25) is 14.9 Å². The molecule has 2 saturated heterocycles. The van der Waals surface area contributed by atoms with Crippen molar-refractivity contribution in [1.29, 1.82) is 0 Å². The topological polar surface area (TPSA) is 79.0 Å². The predicted octanol–water partition coefficient (Wildman–Crippen LogP) is 1.44. The molecule has 0 spiro atoms. The van der Waals surface area contributed by atoms with Gasteiger partial charge in [-0.15, -0.1) is 0 Å². The second kappa shape index (κ2) is 7.25. The lowest BCUT2D eigenvalue weighted by atomic mass is 10.0. The highest BCUT2D eigenvalue weighted by molar-refractivity contribution is 6.31. The number of nitrogens with one attached hydrogen (secondary N) is 1. The van der Waals surface area contributed by atoms with E-state index in [-0.39, 0.29) is 18.6 Å². The highest BCUT2D eigenvalue weighted by atomic mass is 35.5.